The van der Waals surface area contributed by atoms with Crippen LogP contribution in [0.15, 0.2) is 42.5 Å². The molecule has 0 aliphatic heterocycles. The Bertz CT molecular complexity index is 593. The molecule has 0 spiro atoms. The first-order valence-electron chi connectivity index (χ1n) is 7.16. The molecule has 0 aliphatic carbocycles. The second-order valence-corrected chi connectivity index (χ2v) is 4.96. The predicted octanol–water partition coefficient (Wildman–Crippen LogP) is 3.54. The minimum absolute atomic E-state index is 0.515. The number of hydrogen-bond acceptors (Lipinski definition) is 3. The van der Waals surface area contributed by atoms with E-state index >= 15 is 0 Å². The molecule has 0 saturated carbocycles. The zero-order chi connectivity index (χ0) is 15.2. The Hall–Kier alpha value is -2.00. The van der Waals surface area contributed by atoms with Crippen LogP contribution in [0.1, 0.15) is 29.7 Å². The maximum absolute atomic E-state index is 10.5. The standard InChI is InChI=1S/C18H22O3/c1-4-14-7-5-6-8-15(14)16(19)11-13-9-10-17(20-2)18(12-13)21-3/h5-10,12,16,19H,4,11H2,1-3H3. The Morgan fingerprint density at radius 1 is 1.00 bits per heavy atom. The molecule has 2 aromatic rings. The van der Waals surface area contributed by atoms with Gasteiger partial charge in [0.2, 0.25) is 0 Å². The van der Waals surface area contributed by atoms with E-state index in [1.54, 1.807) is 14.2 Å². The molecule has 0 radical (unpaired) electrons. The average Bonchev–Trinajstić information content (AvgIpc) is 2.54. The molecule has 0 aromatic heterocycles. The van der Waals surface area contributed by atoms with E-state index in [1.807, 2.05) is 36.4 Å². The van der Waals surface area contributed by atoms with E-state index in [0.717, 1.165) is 17.5 Å². The van der Waals surface area contributed by atoms with Gasteiger partial charge in [-0.1, -0.05) is 37.3 Å². The Balaban J connectivity index is 2.21. The number of benzene rings is 2. The molecular weight excluding hydrogens is 264 g/mol. The van der Waals surface area contributed by atoms with Crippen molar-refractivity contribution in [2.45, 2.75) is 25.9 Å². The van der Waals surface area contributed by atoms with Crippen molar-refractivity contribution in [2.75, 3.05) is 14.2 Å². The number of methoxy groups -OCH3 is 2. The van der Waals surface area contributed by atoms with Crippen LogP contribution in [0.3, 0.4) is 0 Å². The molecule has 1 unspecified atom stereocenters. The van der Waals surface area contributed by atoms with Gasteiger partial charge in [0.05, 0.1) is 20.3 Å². The second-order valence-electron chi connectivity index (χ2n) is 4.96. The van der Waals surface area contributed by atoms with Gasteiger partial charge in [0, 0.05) is 6.42 Å². The smallest absolute Gasteiger partial charge is 0.160 e. The monoisotopic (exact) mass is 286 g/mol. The first kappa shape index (κ1) is 15.4. The van der Waals surface area contributed by atoms with Crippen LogP contribution in [-0.2, 0) is 12.8 Å². The van der Waals surface area contributed by atoms with Crippen LogP contribution in [0, 0.1) is 0 Å². The normalized spacial score (nSPS) is 12.0. The third kappa shape index (κ3) is 3.56. The fraction of sp³-hybridized carbons (Fsp3) is 0.333. The second kappa shape index (κ2) is 7.14. The lowest BCUT2D eigenvalue weighted by Gasteiger charge is -2.16. The first-order chi connectivity index (χ1) is 10.2. The minimum Gasteiger partial charge on any atom is -0.493 e. The zero-order valence-corrected chi connectivity index (χ0v) is 12.8. The third-order valence-electron chi connectivity index (χ3n) is 3.67. The van der Waals surface area contributed by atoms with E-state index in [2.05, 4.69) is 13.0 Å². The lowest BCUT2D eigenvalue weighted by Crippen LogP contribution is -2.05. The maximum Gasteiger partial charge on any atom is 0.160 e. The summed E-state index contributed by atoms with van der Waals surface area (Å²) < 4.78 is 10.5. The summed E-state index contributed by atoms with van der Waals surface area (Å²) in [6.45, 7) is 2.10. The van der Waals surface area contributed by atoms with Gasteiger partial charge in [-0.05, 0) is 35.2 Å². The molecule has 0 amide bonds. The molecule has 21 heavy (non-hydrogen) atoms. The number of ether oxygens (including phenoxy) is 2. The van der Waals surface area contributed by atoms with Crippen LogP contribution in [0.4, 0.5) is 0 Å². The molecule has 3 heteroatoms. The summed E-state index contributed by atoms with van der Waals surface area (Å²) in [6.07, 6.45) is 0.954. The van der Waals surface area contributed by atoms with Crippen molar-refractivity contribution >= 4 is 0 Å². The topological polar surface area (TPSA) is 38.7 Å². The Labute approximate surface area is 126 Å². The van der Waals surface area contributed by atoms with E-state index in [4.69, 9.17) is 9.47 Å². The summed E-state index contributed by atoms with van der Waals surface area (Å²) in [6, 6.07) is 13.8. The minimum atomic E-state index is -0.515. The van der Waals surface area contributed by atoms with Gasteiger partial charge in [-0.15, -0.1) is 0 Å². The number of aliphatic hydroxyl groups excluding tert-OH is 1. The Kier molecular flexibility index (Phi) is 5.23. The SMILES string of the molecule is CCc1ccccc1C(O)Cc1ccc(OC)c(OC)c1. The van der Waals surface area contributed by atoms with E-state index < -0.39 is 6.10 Å². The van der Waals surface area contributed by atoms with Crippen molar-refractivity contribution in [3.8, 4) is 11.5 Å². The average molecular weight is 286 g/mol. The number of aryl methyl sites for hydroxylation is 1. The van der Waals surface area contributed by atoms with Crippen LogP contribution < -0.4 is 9.47 Å². The Morgan fingerprint density at radius 3 is 2.38 bits per heavy atom. The Morgan fingerprint density at radius 2 is 1.71 bits per heavy atom. The lowest BCUT2D eigenvalue weighted by atomic mass is 9.96. The molecule has 1 atom stereocenters. The first-order valence-corrected chi connectivity index (χ1v) is 7.16. The predicted molar refractivity (Wildman–Crippen MR) is 84.0 cm³/mol. The summed E-state index contributed by atoms with van der Waals surface area (Å²) in [5.74, 6) is 1.38. The van der Waals surface area contributed by atoms with Crippen molar-refractivity contribution in [3.63, 3.8) is 0 Å². The van der Waals surface area contributed by atoms with Gasteiger partial charge in [0.1, 0.15) is 0 Å². The number of hydrogen-bond donors (Lipinski definition) is 1. The van der Waals surface area contributed by atoms with Crippen molar-refractivity contribution < 1.29 is 14.6 Å². The lowest BCUT2D eigenvalue weighted by molar-refractivity contribution is 0.177. The van der Waals surface area contributed by atoms with Gasteiger partial charge in [-0.3, -0.25) is 0 Å². The largest absolute Gasteiger partial charge is 0.493 e. The van der Waals surface area contributed by atoms with E-state index in [-0.39, 0.29) is 0 Å². The highest BCUT2D eigenvalue weighted by Crippen LogP contribution is 2.30. The third-order valence-corrected chi connectivity index (χ3v) is 3.67. The highest BCUT2D eigenvalue weighted by molar-refractivity contribution is 5.43. The van der Waals surface area contributed by atoms with Crippen LogP contribution in [0.25, 0.3) is 0 Å². The van der Waals surface area contributed by atoms with Gasteiger partial charge in [0.15, 0.2) is 11.5 Å². The van der Waals surface area contributed by atoms with Gasteiger partial charge in [-0.25, -0.2) is 0 Å². The molecule has 2 rings (SSSR count). The molecule has 0 saturated heterocycles. The summed E-state index contributed by atoms with van der Waals surface area (Å²) in [4.78, 5) is 0. The van der Waals surface area contributed by atoms with E-state index in [9.17, 15) is 5.11 Å². The fourth-order valence-electron chi connectivity index (χ4n) is 2.52. The summed E-state index contributed by atoms with van der Waals surface area (Å²) in [5, 5.41) is 10.5. The number of aliphatic hydroxyl groups is 1. The zero-order valence-electron chi connectivity index (χ0n) is 12.8. The van der Waals surface area contributed by atoms with Crippen LogP contribution in [0.5, 0.6) is 11.5 Å². The van der Waals surface area contributed by atoms with Gasteiger partial charge in [-0.2, -0.15) is 0 Å². The van der Waals surface area contributed by atoms with Gasteiger partial charge < -0.3 is 14.6 Å². The molecule has 1 N–H and O–H groups in total. The molecule has 3 nitrogen and oxygen atoms in total. The summed E-state index contributed by atoms with van der Waals surface area (Å²) in [7, 11) is 3.23. The molecule has 2 aromatic carbocycles. The quantitative estimate of drug-likeness (QED) is 0.882. The summed E-state index contributed by atoms with van der Waals surface area (Å²) in [5.41, 5.74) is 3.20. The molecule has 112 valence electrons. The van der Waals surface area contributed by atoms with E-state index in [0.29, 0.717) is 17.9 Å². The number of rotatable bonds is 6. The van der Waals surface area contributed by atoms with Crippen LogP contribution >= 0.6 is 0 Å². The summed E-state index contributed by atoms with van der Waals surface area (Å²) >= 11 is 0. The molecular formula is C18H22O3. The maximum atomic E-state index is 10.5. The van der Waals surface area contributed by atoms with Crippen molar-refractivity contribution in [3.05, 3.63) is 59.2 Å². The molecule has 0 fully saturated rings. The van der Waals surface area contributed by atoms with Crippen molar-refractivity contribution in [1.82, 2.24) is 0 Å². The van der Waals surface area contributed by atoms with Gasteiger partial charge in [0.25, 0.3) is 0 Å². The van der Waals surface area contributed by atoms with Gasteiger partial charge >= 0.3 is 0 Å². The van der Waals surface area contributed by atoms with Crippen molar-refractivity contribution in [1.29, 1.82) is 0 Å². The highest BCUT2D eigenvalue weighted by Gasteiger charge is 2.13. The highest BCUT2D eigenvalue weighted by atomic mass is 16.5. The van der Waals surface area contributed by atoms with Crippen LogP contribution in [0.2, 0.25) is 0 Å². The fourth-order valence-corrected chi connectivity index (χ4v) is 2.52. The molecule has 0 heterocycles. The molecule has 0 aliphatic rings. The van der Waals surface area contributed by atoms with Crippen LogP contribution in [-0.4, -0.2) is 19.3 Å². The van der Waals surface area contributed by atoms with Crippen molar-refractivity contribution in [2.24, 2.45) is 0 Å². The van der Waals surface area contributed by atoms with E-state index in [1.165, 1.54) is 5.56 Å². The molecule has 0 bridgehead atoms.